The Hall–Kier alpha value is -3.59. The zero-order valence-corrected chi connectivity index (χ0v) is 18.3. The van der Waals surface area contributed by atoms with Crippen molar-refractivity contribution in [2.24, 2.45) is 0 Å². The standard InChI is InChI=1S/C23H22N2O6S/c1-2-28-22-18(6-3-9-24-22)23(27)31-15-21(26)25(14-17-5-4-12-32-17)16-7-8-19-20(13-16)30-11-10-29-19/h3-9,12-13H,2,10-11,14-15H2,1H3. The van der Waals surface area contributed by atoms with Crippen LogP contribution >= 0.6 is 11.3 Å². The summed E-state index contributed by atoms with van der Waals surface area (Å²) in [5, 5.41) is 1.94. The summed E-state index contributed by atoms with van der Waals surface area (Å²) in [5.41, 5.74) is 0.798. The number of carbonyl (C=O) groups excluding carboxylic acids is 2. The third-order valence-corrected chi connectivity index (χ3v) is 5.49. The largest absolute Gasteiger partial charge is 0.486 e. The molecule has 0 spiro atoms. The normalized spacial score (nSPS) is 12.2. The first-order chi connectivity index (χ1) is 15.7. The van der Waals surface area contributed by atoms with Crippen molar-refractivity contribution >= 4 is 28.9 Å². The summed E-state index contributed by atoms with van der Waals surface area (Å²) in [7, 11) is 0. The number of benzene rings is 1. The number of esters is 1. The Kier molecular flexibility index (Phi) is 6.86. The molecule has 0 saturated heterocycles. The minimum Gasteiger partial charge on any atom is -0.486 e. The molecule has 2 aromatic heterocycles. The molecule has 0 saturated carbocycles. The van der Waals surface area contributed by atoms with Crippen LogP contribution in [0.15, 0.2) is 54.0 Å². The molecule has 0 N–H and O–H groups in total. The van der Waals surface area contributed by atoms with E-state index < -0.39 is 12.6 Å². The molecule has 0 aliphatic carbocycles. The Morgan fingerprint density at radius 1 is 1.12 bits per heavy atom. The van der Waals surface area contributed by atoms with Crippen molar-refractivity contribution in [3.05, 3.63) is 64.5 Å². The molecule has 0 atom stereocenters. The number of aromatic nitrogens is 1. The lowest BCUT2D eigenvalue weighted by atomic mass is 10.2. The first-order valence-electron chi connectivity index (χ1n) is 10.1. The molecule has 0 radical (unpaired) electrons. The molecule has 9 heteroatoms. The topological polar surface area (TPSA) is 87.2 Å². The van der Waals surface area contributed by atoms with Crippen molar-refractivity contribution in [1.29, 1.82) is 0 Å². The molecule has 3 heterocycles. The van der Waals surface area contributed by atoms with E-state index in [1.54, 1.807) is 42.2 Å². The van der Waals surface area contributed by atoms with Crippen molar-refractivity contribution in [2.45, 2.75) is 13.5 Å². The van der Waals surface area contributed by atoms with Crippen LogP contribution < -0.4 is 19.1 Å². The lowest BCUT2D eigenvalue weighted by Gasteiger charge is -2.25. The van der Waals surface area contributed by atoms with Crippen molar-refractivity contribution in [2.75, 3.05) is 31.3 Å². The fourth-order valence-corrected chi connectivity index (χ4v) is 3.86. The molecule has 0 fully saturated rings. The molecular formula is C23H22N2O6S. The highest BCUT2D eigenvalue weighted by atomic mass is 32.1. The molecule has 1 aliphatic rings. The van der Waals surface area contributed by atoms with Crippen LogP contribution in [0, 0.1) is 0 Å². The van der Waals surface area contributed by atoms with Gasteiger partial charge in [-0.25, -0.2) is 9.78 Å². The van der Waals surface area contributed by atoms with Crippen molar-refractivity contribution < 1.29 is 28.5 Å². The number of pyridine rings is 1. The molecule has 32 heavy (non-hydrogen) atoms. The van der Waals surface area contributed by atoms with E-state index in [1.807, 2.05) is 17.5 Å². The van der Waals surface area contributed by atoms with Crippen LogP contribution in [0.25, 0.3) is 0 Å². The third-order valence-electron chi connectivity index (χ3n) is 4.63. The smallest absolute Gasteiger partial charge is 0.344 e. The van der Waals surface area contributed by atoms with Gasteiger partial charge in [0, 0.05) is 22.8 Å². The van der Waals surface area contributed by atoms with Crippen LogP contribution in [0.5, 0.6) is 17.4 Å². The second-order valence-corrected chi connectivity index (χ2v) is 7.78. The predicted molar refractivity (Wildman–Crippen MR) is 119 cm³/mol. The van der Waals surface area contributed by atoms with E-state index in [4.69, 9.17) is 18.9 Å². The SMILES string of the molecule is CCOc1ncccc1C(=O)OCC(=O)N(Cc1cccs1)c1ccc2c(c1)OCCO2. The number of fused-ring (bicyclic) bond motifs is 1. The fraction of sp³-hybridized carbons (Fsp3) is 0.261. The lowest BCUT2D eigenvalue weighted by molar-refractivity contribution is -0.121. The van der Waals surface area contributed by atoms with Crippen LogP contribution in [0.1, 0.15) is 22.2 Å². The highest BCUT2D eigenvalue weighted by Crippen LogP contribution is 2.34. The number of ether oxygens (including phenoxy) is 4. The van der Waals surface area contributed by atoms with Crippen LogP contribution in [0.2, 0.25) is 0 Å². The van der Waals surface area contributed by atoms with E-state index in [0.717, 1.165) is 4.88 Å². The zero-order valence-electron chi connectivity index (χ0n) is 17.5. The molecule has 4 rings (SSSR count). The number of anilines is 1. The van der Waals surface area contributed by atoms with Gasteiger partial charge in [0.15, 0.2) is 18.1 Å². The van der Waals surface area contributed by atoms with Crippen LogP contribution in [0.4, 0.5) is 5.69 Å². The van der Waals surface area contributed by atoms with Crippen LogP contribution in [-0.2, 0) is 16.1 Å². The lowest BCUT2D eigenvalue weighted by Crippen LogP contribution is -2.34. The summed E-state index contributed by atoms with van der Waals surface area (Å²) < 4.78 is 21.9. The van der Waals surface area contributed by atoms with E-state index >= 15 is 0 Å². The van der Waals surface area contributed by atoms with Crippen molar-refractivity contribution in [3.63, 3.8) is 0 Å². The minimum absolute atomic E-state index is 0.172. The Morgan fingerprint density at radius 2 is 1.97 bits per heavy atom. The zero-order chi connectivity index (χ0) is 22.3. The summed E-state index contributed by atoms with van der Waals surface area (Å²) >= 11 is 1.54. The van der Waals surface area contributed by atoms with Gasteiger partial charge in [-0.2, -0.15) is 0 Å². The van der Waals surface area contributed by atoms with Gasteiger partial charge in [0.2, 0.25) is 5.88 Å². The molecular weight excluding hydrogens is 432 g/mol. The highest BCUT2D eigenvalue weighted by molar-refractivity contribution is 7.09. The average molecular weight is 455 g/mol. The van der Waals surface area contributed by atoms with Gasteiger partial charge in [0.05, 0.1) is 13.2 Å². The number of thiophene rings is 1. The van der Waals surface area contributed by atoms with Gasteiger partial charge in [-0.15, -0.1) is 11.3 Å². The highest BCUT2D eigenvalue weighted by Gasteiger charge is 2.23. The number of rotatable bonds is 8. The average Bonchev–Trinajstić information content (AvgIpc) is 3.34. The van der Waals surface area contributed by atoms with Gasteiger partial charge < -0.3 is 23.8 Å². The van der Waals surface area contributed by atoms with E-state index in [0.29, 0.717) is 43.6 Å². The van der Waals surface area contributed by atoms with Gasteiger partial charge in [-0.3, -0.25) is 4.79 Å². The summed E-state index contributed by atoms with van der Waals surface area (Å²) in [6.07, 6.45) is 1.53. The van der Waals surface area contributed by atoms with Crippen LogP contribution in [0.3, 0.4) is 0 Å². The molecule has 0 unspecified atom stereocenters. The molecule has 0 bridgehead atoms. The van der Waals surface area contributed by atoms with Gasteiger partial charge in [0.25, 0.3) is 5.91 Å². The van der Waals surface area contributed by atoms with Crippen molar-refractivity contribution in [1.82, 2.24) is 4.98 Å². The monoisotopic (exact) mass is 454 g/mol. The Labute approximate surface area is 189 Å². The molecule has 166 valence electrons. The van der Waals surface area contributed by atoms with Gasteiger partial charge in [0.1, 0.15) is 18.8 Å². The fourth-order valence-electron chi connectivity index (χ4n) is 3.16. The summed E-state index contributed by atoms with van der Waals surface area (Å²) in [4.78, 5) is 32.3. The molecule has 8 nitrogen and oxygen atoms in total. The van der Waals surface area contributed by atoms with Gasteiger partial charge in [-0.1, -0.05) is 6.07 Å². The van der Waals surface area contributed by atoms with Crippen molar-refractivity contribution in [3.8, 4) is 17.4 Å². The number of amides is 1. The van der Waals surface area contributed by atoms with Gasteiger partial charge >= 0.3 is 5.97 Å². The maximum atomic E-state index is 13.1. The van der Waals surface area contributed by atoms with E-state index in [-0.39, 0.29) is 17.4 Å². The Bertz CT molecular complexity index is 1090. The summed E-state index contributed by atoms with van der Waals surface area (Å²) in [5.74, 6) is 0.342. The van der Waals surface area contributed by atoms with E-state index in [2.05, 4.69) is 4.98 Å². The van der Waals surface area contributed by atoms with Crippen LogP contribution in [-0.4, -0.2) is 43.3 Å². The first-order valence-corrected chi connectivity index (χ1v) is 11.0. The third kappa shape index (κ3) is 5.00. The van der Waals surface area contributed by atoms with E-state index in [1.165, 1.54) is 17.5 Å². The number of hydrogen-bond acceptors (Lipinski definition) is 8. The Morgan fingerprint density at radius 3 is 2.75 bits per heavy atom. The summed E-state index contributed by atoms with van der Waals surface area (Å²) in [6, 6.07) is 12.3. The number of carbonyl (C=O) groups is 2. The molecule has 3 aromatic rings. The number of hydrogen-bond donors (Lipinski definition) is 0. The van der Waals surface area contributed by atoms with E-state index in [9.17, 15) is 9.59 Å². The minimum atomic E-state index is -0.673. The number of nitrogens with zero attached hydrogens (tertiary/aromatic N) is 2. The first kappa shape index (κ1) is 21.6. The maximum Gasteiger partial charge on any atom is 0.344 e. The molecule has 1 aromatic carbocycles. The molecule has 1 aliphatic heterocycles. The second-order valence-electron chi connectivity index (χ2n) is 6.75. The predicted octanol–water partition coefficient (Wildman–Crippen LogP) is 3.70. The Balaban J connectivity index is 1.51. The molecule has 1 amide bonds. The van der Waals surface area contributed by atoms with Gasteiger partial charge in [-0.05, 0) is 42.6 Å². The second kappa shape index (κ2) is 10.1. The quantitative estimate of drug-likeness (QED) is 0.480. The maximum absolute atomic E-state index is 13.1. The summed E-state index contributed by atoms with van der Waals surface area (Å²) in [6.45, 7) is 2.99.